The van der Waals surface area contributed by atoms with Crippen LogP contribution in [0.5, 0.6) is 0 Å². The van der Waals surface area contributed by atoms with Crippen molar-refractivity contribution in [1.82, 2.24) is 10.6 Å². The molecule has 0 aliphatic heterocycles. The zero-order valence-electron chi connectivity index (χ0n) is 11.3. The molecule has 0 radical (unpaired) electrons. The quantitative estimate of drug-likeness (QED) is 0.634. The van der Waals surface area contributed by atoms with Crippen LogP contribution in [0.25, 0.3) is 0 Å². The van der Waals surface area contributed by atoms with Crippen LogP contribution < -0.4 is 10.6 Å². The first kappa shape index (κ1) is 17.4. The second kappa shape index (κ2) is 8.53. The fourth-order valence-electron chi connectivity index (χ4n) is 1.07. The Morgan fingerprint density at radius 2 is 1.94 bits per heavy atom. The molecule has 0 heterocycles. The first-order valence-electron chi connectivity index (χ1n) is 5.63. The van der Waals surface area contributed by atoms with Crippen molar-refractivity contribution < 1.29 is 14.7 Å². The van der Waals surface area contributed by atoms with Crippen molar-refractivity contribution in [1.29, 1.82) is 0 Å². The number of thioether (sulfide) groups is 2. The minimum absolute atomic E-state index is 0.0602. The first-order chi connectivity index (χ1) is 8.32. The molecule has 0 unspecified atom stereocenters. The molecule has 0 spiro atoms. The van der Waals surface area contributed by atoms with Crippen LogP contribution in [0.15, 0.2) is 0 Å². The van der Waals surface area contributed by atoms with E-state index in [1.165, 1.54) is 0 Å². The second-order valence-electron chi connectivity index (χ2n) is 4.46. The van der Waals surface area contributed by atoms with Crippen LogP contribution in [0, 0.1) is 0 Å². The Morgan fingerprint density at radius 3 is 2.39 bits per heavy atom. The van der Waals surface area contributed by atoms with E-state index >= 15 is 0 Å². The molecule has 0 aliphatic carbocycles. The third kappa shape index (κ3) is 7.71. The van der Waals surface area contributed by atoms with Gasteiger partial charge in [-0.25, -0.2) is 9.59 Å². The monoisotopic (exact) mass is 294 g/mol. The van der Waals surface area contributed by atoms with Gasteiger partial charge in [0.1, 0.15) is 6.04 Å². The van der Waals surface area contributed by atoms with Gasteiger partial charge in [0.2, 0.25) is 0 Å². The van der Waals surface area contributed by atoms with Gasteiger partial charge in [-0.2, -0.15) is 23.5 Å². The number of amides is 2. The molecule has 2 amide bonds. The molecule has 106 valence electrons. The molecule has 0 saturated carbocycles. The average Bonchev–Trinajstić information content (AvgIpc) is 2.31. The highest BCUT2D eigenvalue weighted by Crippen LogP contribution is 2.19. The van der Waals surface area contributed by atoms with E-state index in [1.54, 1.807) is 23.5 Å². The van der Waals surface area contributed by atoms with Crippen LogP contribution in [0.4, 0.5) is 4.79 Å². The summed E-state index contributed by atoms with van der Waals surface area (Å²) < 4.78 is -0.0602. The van der Waals surface area contributed by atoms with Gasteiger partial charge in [-0.1, -0.05) is 0 Å². The van der Waals surface area contributed by atoms with Gasteiger partial charge in [0.05, 0.1) is 0 Å². The van der Waals surface area contributed by atoms with E-state index < -0.39 is 18.0 Å². The maximum absolute atomic E-state index is 11.6. The number of hydrogen-bond acceptors (Lipinski definition) is 4. The highest BCUT2D eigenvalue weighted by molar-refractivity contribution is 8.00. The van der Waals surface area contributed by atoms with Crippen LogP contribution in [0.1, 0.15) is 20.3 Å². The van der Waals surface area contributed by atoms with Crippen LogP contribution >= 0.6 is 23.5 Å². The number of carbonyl (C=O) groups is 2. The number of carboxylic acid groups (broad SMARTS) is 1. The number of carboxylic acids is 1. The third-order valence-electron chi connectivity index (χ3n) is 2.44. The molecule has 18 heavy (non-hydrogen) atoms. The van der Waals surface area contributed by atoms with Crippen LogP contribution in [0.2, 0.25) is 0 Å². The SMILES string of the molecule is CSCC[C@@H](NC(=O)NCC(C)(C)SC)C(=O)O. The summed E-state index contributed by atoms with van der Waals surface area (Å²) in [6.45, 7) is 4.52. The van der Waals surface area contributed by atoms with E-state index in [1.807, 2.05) is 26.4 Å². The van der Waals surface area contributed by atoms with Gasteiger partial charge < -0.3 is 15.7 Å². The largest absolute Gasteiger partial charge is 0.480 e. The van der Waals surface area contributed by atoms with Crippen LogP contribution in [0.3, 0.4) is 0 Å². The molecule has 0 bridgehead atoms. The van der Waals surface area contributed by atoms with Gasteiger partial charge in [-0.3, -0.25) is 0 Å². The summed E-state index contributed by atoms with van der Waals surface area (Å²) in [5.41, 5.74) is 0. The zero-order chi connectivity index (χ0) is 14.2. The lowest BCUT2D eigenvalue weighted by molar-refractivity contribution is -0.139. The van der Waals surface area contributed by atoms with Gasteiger partial charge >= 0.3 is 12.0 Å². The molecule has 5 nitrogen and oxygen atoms in total. The van der Waals surface area contributed by atoms with E-state index in [0.29, 0.717) is 18.7 Å². The number of hydrogen-bond donors (Lipinski definition) is 3. The van der Waals surface area contributed by atoms with Crippen molar-refractivity contribution in [3.63, 3.8) is 0 Å². The van der Waals surface area contributed by atoms with E-state index in [2.05, 4.69) is 10.6 Å². The summed E-state index contributed by atoms with van der Waals surface area (Å²) in [6, 6.07) is -1.25. The molecule has 0 aliphatic rings. The standard InChI is InChI=1S/C11H22N2O3S2/c1-11(2,18-4)7-12-10(16)13-8(9(14)15)5-6-17-3/h8H,5-7H2,1-4H3,(H,14,15)(H2,12,13,16)/t8-/m1/s1. The maximum Gasteiger partial charge on any atom is 0.326 e. The second-order valence-corrected chi connectivity index (χ2v) is 6.96. The number of urea groups is 1. The van der Waals surface area contributed by atoms with Crippen molar-refractivity contribution in [2.45, 2.75) is 31.1 Å². The van der Waals surface area contributed by atoms with E-state index in [4.69, 9.17) is 5.11 Å². The van der Waals surface area contributed by atoms with Gasteiger partial charge in [0, 0.05) is 11.3 Å². The Morgan fingerprint density at radius 1 is 1.33 bits per heavy atom. The van der Waals surface area contributed by atoms with E-state index in [-0.39, 0.29) is 4.75 Å². The molecule has 0 fully saturated rings. The summed E-state index contributed by atoms with van der Waals surface area (Å²) in [6.07, 6.45) is 4.30. The molecule has 3 N–H and O–H groups in total. The number of rotatable bonds is 8. The summed E-state index contributed by atoms with van der Waals surface area (Å²) in [5.74, 6) is -0.295. The van der Waals surface area contributed by atoms with Gasteiger partial charge in [0.25, 0.3) is 0 Å². The molecule has 7 heteroatoms. The Hall–Kier alpha value is -0.560. The van der Waals surface area contributed by atoms with Crippen molar-refractivity contribution in [2.24, 2.45) is 0 Å². The van der Waals surface area contributed by atoms with Gasteiger partial charge in [-0.05, 0) is 38.5 Å². The van der Waals surface area contributed by atoms with Crippen molar-refractivity contribution in [3.8, 4) is 0 Å². The van der Waals surface area contributed by atoms with Crippen molar-refractivity contribution >= 4 is 35.5 Å². The molecular formula is C11H22N2O3S2. The Bertz CT molecular complexity index is 285. The Labute approximate surface area is 117 Å². The molecule has 0 saturated heterocycles. The zero-order valence-corrected chi connectivity index (χ0v) is 12.9. The molecule has 1 atom stereocenters. The highest BCUT2D eigenvalue weighted by Gasteiger charge is 2.21. The van der Waals surface area contributed by atoms with Gasteiger partial charge in [-0.15, -0.1) is 0 Å². The lowest BCUT2D eigenvalue weighted by atomic mass is 10.2. The molecule has 0 rings (SSSR count). The minimum Gasteiger partial charge on any atom is -0.480 e. The summed E-state index contributed by atoms with van der Waals surface area (Å²) in [5, 5.41) is 14.1. The Kier molecular flexibility index (Phi) is 8.26. The minimum atomic E-state index is -0.997. The topological polar surface area (TPSA) is 78.4 Å². The summed E-state index contributed by atoms with van der Waals surface area (Å²) >= 11 is 3.20. The van der Waals surface area contributed by atoms with Crippen LogP contribution in [-0.4, -0.2) is 52.7 Å². The predicted octanol–water partition coefficient (Wildman–Crippen LogP) is 1.63. The van der Waals surface area contributed by atoms with Crippen molar-refractivity contribution in [3.05, 3.63) is 0 Å². The fraction of sp³-hybridized carbons (Fsp3) is 0.818. The van der Waals surface area contributed by atoms with E-state index in [9.17, 15) is 9.59 Å². The summed E-state index contributed by atoms with van der Waals surface area (Å²) in [7, 11) is 0. The number of aliphatic carboxylic acids is 1. The van der Waals surface area contributed by atoms with Gasteiger partial charge in [0.15, 0.2) is 0 Å². The number of nitrogens with one attached hydrogen (secondary N) is 2. The normalized spacial score (nSPS) is 12.9. The highest BCUT2D eigenvalue weighted by atomic mass is 32.2. The lowest BCUT2D eigenvalue weighted by Gasteiger charge is -2.23. The molecule has 0 aromatic rings. The molecule has 0 aromatic carbocycles. The fourth-order valence-corrected chi connectivity index (χ4v) is 1.76. The maximum atomic E-state index is 11.6. The third-order valence-corrected chi connectivity index (χ3v) is 4.33. The predicted molar refractivity (Wildman–Crippen MR) is 78.6 cm³/mol. The Balaban J connectivity index is 4.14. The van der Waals surface area contributed by atoms with Crippen LogP contribution in [-0.2, 0) is 4.79 Å². The average molecular weight is 294 g/mol. The molecular weight excluding hydrogens is 272 g/mol. The summed E-state index contributed by atoms with van der Waals surface area (Å²) in [4.78, 5) is 22.5. The molecule has 0 aromatic heterocycles. The smallest absolute Gasteiger partial charge is 0.326 e. The van der Waals surface area contributed by atoms with Crippen molar-refractivity contribution in [2.75, 3.05) is 24.8 Å². The number of carbonyl (C=O) groups excluding carboxylic acids is 1. The van der Waals surface area contributed by atoms with E-state index in [0.717, 1.165) is 0 Å². The first-order valence-corrected chi connectivity index (χ1v) is 8.25. The lowest BCUT2D eigenvalue weighted by Crippen LogP contribution is -2.48.